The second-order valence-corrected chi connectivity index (χ2v) is 10.5. The van der Waals surface area contributed by atoms with Crippen LogP contribution in [0.25, 0.3) is 0 Å². The lowest BCUT2D eigenvalue weighted by Gasteiger charge is -2.32. The maximum atomic E-state index is 13.3. The van der Waals surface area contributed by atoms with Crippen LogP contribution in [0.1, 0.15) is 34.8 Å². The Morgan fingerprint density at radius 2 is 1.82 bits per heavy atom. The number of nitrogens with zero attached hydrogens (tertiary/aromatic N) is 2. The number of halogens is 2. The minimum atomic E-state index is -0.706. The molecule has 1 aliphatic rings. The Hall–Kier alpha value is -3.33. The Morgan fingerprint density at radius 3 is 2.50 bits per heavy atom. The molecule has 3 aromatic rings. The van der Waals surface area contributed by atoms with E-state index in [0.29, 0.717) is 32.2 Å². The van der Waals surface area contributed by atoms with Crippen molar-refractivity contribution in [3.05, 3.63) is 93.5 Å². The van der Waals surface area contributed by atoms with Crippen LogP contribution in [-0.4, -0.2) is 39.7 Å². The van der Waals surface area contributed by atoms with Gasteiger partial charge in [-0.05, 0) is 67.4 Å². The predicted octanol–water partition coefficient (Wildman–Crippen LogP) is 6.64. The number of ether oxygens (including phenoxy) is 1. The van der Waals surface area contributed by atoms with Crippen molar-refractivity contribution in [2.75, 3.05) is 11.9 Å². The first-order valence-corrected chi connectivity index (χ1v) is 13.5. The number of aryl methyl sites for hydroxylation is 1. The Bertz CT molecular complexity index is 1400. The zero-order valence-corrected chi connectivity index (χ0v) is 23.1. The van der Waals surface area contributed by atoms with Gasteiger partial charge in [0.25, 0.3) is 0 Å². The fourth-order valence-electron chi connectivity index (χ4n) is 3.68. The number of carbonyl (C=O) groups is 3. The standard InChI is InChI=1S/C28H25Cl2N3O4S/c1-3-37-27(36)18-9-12-20(13-10-18)32-28-33(16-19-6-4-5-7-22(19)29)25(34)15-24(38-28)26(35)31-21-11-8-17(2)23(30)14-21/h4-14,24H,3,15-16H2,1-2H3,(H,31,35). The van der Waals surface area contributed by atoms with Crippen LogP contribution in [0.2, 0.25) is 10.0 Å². The summed E-state index contributed by atoms with van der Waals surface area (Å²) in [6.45, 7) is 4.09. The number of amidine groups is 1. The summed E-state index contributed by atoms with van der Waals surface area (Å²) in [5.41, 5.74) is 3.11. The molecule has 38 heavy (non-hydrogen) atoms. The summed E-state index contributed by atoms with van der Waals surface area (Å²) in [5.74, 6) is -1.01. The number of amides is 2. The van der Waals surface area contributed by atoms with Gasteiger partial charge in [0.05, 0.1) is 24.4 Å². The second kappa shape index (κ2) is 12.5. The lowest BCUT2D eigenvalue weighted by atomic mass is 10.2. The SMILES string of the molecule is CCOC(=O)c1ccc(N=C2SC(C(=O)Nc3ccc(C)c(Cl)c3)CC(=O)N2Cc2ccccc2Cl)cc1. The van der Waals surface area contributed by atoms with E-state index in [1.807, 2.05) is 31.2 Å². The molecular formula is C28H25Cl2N3O4S. The quantitative estimate of drug-likeness (QED) is 0.322. The summed E-state index contributed by atoms with van der Waals surface area (Å²) in [5, 5.41) is 3.56. The van der Waals surface area contributed by atoms with Gasteiger partial charge in [0.15, 0.2) is 5.17 Å². The van der Waals surface area contributed by atoms with Crippen LogP contribution in [0.4, 0.5) is 11.4 Å². The van der Waals surface area contributed by atoms with Gasteiger partial charge in [0.2, 0.25) is 11.8 Å². The lowest BCUT2D eigenvalue weighted by Crippen LogP contribution is -2.44. The largest absolute Gasteiger partial charge is 0.462 e. The maximum absolute atomic E-state index is 13.3. The molecule has 1 atom stereocenters. The second-order valence-electron chi connectivity index (χ2n) is 8.50. The van der Waals surface area contributed by atoms with Crippen LogP contribution in [0.15, 0.2) is 71.7 Å². The van der Waals surface area contributed by atoms with Crippen molar-refractivity contribution in [3.8, 4) is 0 Å². The van der Waals surface area contributed by atoms with Crippen molar-refractivity contribution >= 4 is 69.3 Å². The van der Waals surface area contributed by atoms with E-state index in [-0.39, 0.29) is 31.4 Å². The molecule has 196 valence electrons. The molecule has 1 saturated heterocycles. The molecular weight excluding hydrogens is 545 g/mol. The van der Waals surface area contributed by atoms with Gasteiger partial charge in [0.1, 0.15) is 5.25 Å². The normalized spacial score (nSPS) is 16.4. The first kappa shape index (κ1) is 27.7. The lowest BCUT2D eigenvalue weighted by molar-refractivity contribution is -0.129. The fraction of sp³-hybridized carbons (Fsp3) is 0.214. The number of nitrogens with one attached hydrogen (secondary N) is 1. The number of carbonyl (C=O) groups excluding carboxylic acids is 3. The van der Waals surface area contributed by atoms with E-state index in [4.69, 9.17) is 27.9 Å². The molecule has 3 aromatic carbocycles. The number of aliphatic imine (C=N–C) groups is 1. The number of hydrogen-bond acceptors (Lipinski definition) is 6. The molecule has 1 aliphatic heterocycles. The third-order valence-corrected chi connectivity index (χ3v) is 7.72. The number of thioether (sulfide) groups is 1. The van der Waals surface area contributed by atoms with Crippen molar-refractivity contribution in [2.45, 2.75) is 32.1 Å². The Labute approximate surface area is 235 Å². The fourth-order valence-corrected chi connectivity index (χ4v) is 5.16. The molecule has 10 heteroatoms. The summed E-state index contributed by atoms with van der Waals surface area (Å²) < 4.78 is 5.03. The molecule has 1 heterocycles. The van der Waals surface area contributed by atoms with E-state index in [1.165, 1.54) is 16.7 Å². The van der Waals surface area contributed by atoms with E-state index < -0.39 is 11.2 Å². The third-order valence-electron chi connectivity index (χ3n) is 5.76. The van der Waals surface area contributed by atoms with Crippen LogP contribution in [-0.2, 0) is 20.9 Å². The highest BCUT2D eigenvalue weighted by Crippen LogP contribution is 2.32. The molecule has 1 N–H and O–H groups in total. The number of benzene rings is 3. The zero-order chi connectivity index (χ0) is 27.2. The monoisotopic (exact) mass is 569 g/mol. The van der Waals surface area contributed by atoms with E-state index in [0.717, 1.165) is 11.1 Å². The van der Waals surface area contributed by atoms with Crippen molar-refractivity contribution in [3.63, 3.8) is 0 Å². The van der Waals surface area contributed by atoms with Gasteiger partial charge in [0, 0.05) is 22.2 Å². The topological polar surface area (TPSA) is 88.1 Å². The van der Waals surface area contributed by atoms with Crippen molar-refractivity contribution < 1.29 is 19.1 Å². The molecule has 0 spiro atoms. The number of anilines is 1. The van der Waals surface area contributed by atoms with Crippen molar-refractivity contribution in [1.29, 1.82) is 0 Å². The summed E-state index contributed by atoms with van der Waals surface area (Å²) >= 11 is 13.8. The molecule has 0 saturated carbocycles. The Morgan fingerprint density at radius 1 is 1.08 bits per heavy atom. The van der Waals surface area contributed by atoms with Crippen LogP contribution >= 0.6 is 35.0 Å². The van der Waals surface area contributed by atoms with Gasteiger partial charge in [-0.2, -0.15) is 0 Å². The van der Waals surface area contributed by atoms with Crippen LogP contribution in [0, 0.1) is 6.92 Å². The first-order valence-electron chi connectivity index (χ1n) is 11.9. The van der Waals surface area contributed by atoms with Gasteiger partial charge in [-0.25, -0.2) is 9.79 Å². The summed E-state index contributed by atoms with van der Waals surface area (Å²) in [6, 6.07) is 19.0. The molecule has 2 amide bonds. The van der Waals surface area contributed by atoms with Gasteiger partial charge in [-0.15, -0.1) is 0 Å². The molecule has 4 rings (SSSR count). The molecule has 1 fully saturated rings. The van der Waals surface area contributed by atoms with E-state index in [2.05, 4.69) is 10.3 Å². The Kier molecular flexibility index (Phi) is 9.09. The number of hydrogen-bond donors (Lipinski definition) is 1. The molecule has 7 nitrogen and oxygen atoms in total. The van der Waals surface area contributed by atoms with Crippen molar-refractivity contribution in [1.82, 2.24) is 4.90 Å². The minimum absolute atomic E-state index is 0.0125. The van der Waals surface area contributed by atoms with Crippen LogP contribution < -0.4 is 5.32 Å². The van der Waals surface area contributed by atoms with Gasteiger partial charge in [-0.3, -0.25) is 14.5 Å². The van der Waals surface area contributed by atoms with E-state index in [9.17, 15) is 14.4 Å². The first-order chi connectivity index (χ1) is 18.2. The molecule has 0 radical (unpaired) electrons. The van der Waals surface area contributed by atoms with Crippen LogP contribution in [0.5, 0.6) is 0 Å². The van der Waals surface area contributed by atoms with Gasteiger partial charge >= 0.3 is 5.97 Å². The molecule has 0 aromatic heterocycles. The number of esters is 1. The number of rotatable bonds is 7. The molecule has 0 aliphatic carbocycles. The van der Waals surface area contributed by atoms with Gasteiger partial charge < -0.3 is 10.1 Å². The van der Waals surface area contributed by atoms with Crippen molar-refractivity contribution in [2.24, 2.45) is 4.99 Å². The average molecular weight is 570 g/mol. The summed E-state index contributed by atoms with van der Waals surface area (Å²) in [4.78, 5) is 44.7. The minimum Gasteiger partial charge on any atom is -0.462 e. The van der Waals surface area contributed by atoms with E-state index >= 15 is 0 Å². The molecule has 0 bridgehead atoms. The highest BCUT2D eigenvalue weighted by molar-refractivity contribution is 8.15. The highest BCUT2D eigenvalue weighted by atomic mass is 35.5. The van der Waals surface area contributed by atoms with Gasteiger partial charge in [-0.1, -0.05) is 59.2 Å². The average Bonchev–Trinajstić information content (AvgIpc) is 2.89. The van der Waals surface area contributed by atoms with E-state index in [1.54, 1.807) is 49.4 Å². The zero-order valence-electron chi connectivity index (χ0n) is 20.7. The Balaban J connectivity index is 1.61. The summed E-state index contributed by atoms with van der Waals surface area (Å²) in [6.07, 6.45) is -0.0125. The summed E-state index contributed by atoms with van der Waals surface area (Å²) in [7, 11) is 0. The maximum Gasteiger partial charge on any atom is 0.338 e. The molecule has 1 unspecified atom stereocenters. The van der Waals surface area contributed by atoms with Crippen LogP contribution in [0.3, 0.4) is 0 Å². The smallest absolute Gasteiger partial charge is 0.338 e. The third kappa shape index (κ3) is 6.75. The highest BCUT2D eigenvalue weighted by Gasteiger charge is 2.36. The predicted molar refractivity (Wildman–Crippen MR) is 152 cm³/mol.